The van der Waals surface area contributed by atoms with Crippen molar-refractivity contribution in [2.45, 2.75) is 20.3 Å². The summed E-state index contributed by atoms with van der Waals surface area (Å²) < 4.78 is 0. The summed E-state index contributed by atoms with van der Waals surface area (Å²) in [6.07, 6.45) is 0.854. The smallest absolute Gasteiger partial charge is 0.237 e. The van der Waals surface area contributed by atoms with Crippen molar-refractivity contribution in [2.24, 2.45) is 0 Å². The quantitative estimate of drug-likeness (QED) is 0.741. The SMILES string of the molecule is Cc1ccc(N(CCc2ccccc2)C(=O)CBr)c(C)c1. The van der Waals surface area contributed by atoms with E-state index in [0.29, 0.717) is 11.9 Å². The Labute approximate surface area is 134 Å². The lowest BCUT2D eigenvalue weighted by Crippen LogP contribution is -2.34. The normalized spacial score (nSPS) is 10.4. The van der Waals surface area contributed by atoms with Gasteiger partial charge in [0.25, 0.3) is 0 Å². The summed E-state index contributed by atoms with van der Waals surface area (Å²) in [4.78, 5) is 14.1. The van der Waals surface area contributed by atoms with E-state index in [1.165, 1.54) is 11.1 Å². The van der Waals surface area contributed by atoms with Crippen LogP contribution >= 0.6 is 15.9 Å². The molecule has 0 fully saturated rings. The van der Waals surface area contributed by atoms with Crippen LogP contribution < -0.4 is 4.90 Å². The van der Waals surface area contributed by atoms with E-state index in [1.54, 1.807) is 0 Å². The zero-order chi connectivity index (χ0) is 15.2. The van der Waals surface area contributed by atoms with Gasteiger partial charge in [-0.1, -0.05) is 64.0 Å². The Bertz CT molecular complexity index is 610. The van der Waals surface area contributed by atoms with Crippen LogP contribution in [-0.4, -0.2) is 17.8 Å². The molecule has 0 unspecified atom stereocenters. The number of rotatable bonds is 5. The minimum Gasteiger partial charge on any atom is -0.311 e. The average Bonchev–Trinajstić information content (AvgIpc) is 2.50. The molecular weight excluding hydrogens is 326 g/mol. The predicted octanol–water partition coefficient (Wildman–Crippen LogP) is 4.27. The molecule has 2 nitrogen and oxygen atoms in total. The molecule has 0 bridgehead atoms. The van der Waals surface area contributed by atoms with Crippen LogP contribution in [0.3, 0.4) is 0 Å². The van der Waals surface area contributed by atoms with Crippen molar-refractivity contribution in [3.05, 3.63) is 65.2 Å². The van der Waals surface area contributed by atoms with E-state index in [4.69, 9.17) is 0 Å². The number of alkyl halides is 1. The largest absolute Gasteiger partial charge is 0.311 e. The van der Waals surface area contributed by atoms with Crippen molar-refractivity contribution in [3.8, 4) is 0 Å². The molecule has 0 N–H and O–H groups in total. The Morgan fingerprint density at radius 1 is 1.10 bits per heavy atom. The van der Waals surface area contributed by atoms with Gasteiger partial charge < -0.3 is 4.90 Å². The fraction of sp³-hybridized carbons (Fsp3) is 0.278. The van der Waals surface area contributed by atoms with Gasteiger partial charge in [0.15, 0.2) is 0 Å². The van der Waals surface area contributed by atoms with E-state index in [1.807, 2.05) is 29.2 Å². The van der Waals surface area contributed by atoms with Crippen molar-refractivity contribution in [2.75, 3.05) is 16.8 Å². The van der Waals surface area contributed by atoms with Crippen LogP contribution in [0.5, 0.6) is 0 Å². The second kappa shape index (κ2) is 7.41. The first-order valence-corrected chi connectivity index (χ1v) is 8.21. The van der Waals surface area contributed by atoms with E-state index < -0.39 is 0 Å². The first-order valence-electron chi connectivity index (χ1n) is 7.09. The van der Waals surface area contributed by atoms with Crippen LogP contribution in [0.2, 0.25) is 0 Å². The van der Waals surface area contributed by atoms with Crippen molar-refractivity contribution < 1.29 is 4.79 Å². The molecule has 0 saturated heterocycles. The van der Waals surface area contributed by atoms with Crippen molar-refractivity contribution in [1.82, 2.24) is 0 Å². The first-order chi connectivity index (χ1) is 10.1. The number of carbonyl (C=O) groups excluding carboxylic acids is 1. The number of hydrogen-bond donors (Lipinski definition) is 0. The molecule has 21 heavy (non-hydrogen) atoms. The highest BCUT2D eigenvalue weighted by Crippen LogP contribution is 2.22. The zero-order valence-electron chi connectivity index (χ0n) is 12.5. The number of aryl methyl sites for hydroxylation is 2. The molecule has 2 rings (SSSR count). The number of hydrogen-bond acceptors (Lipinski definition) is 1. The number of carbonyl (C=O) groups is 1. The highest BCUT2D eigenvalue weighted by molar-refractivity contribution is 9.09. The molecule has 0 heterocycles. The van der Waals surface area contributed by atoms with Gasteiger partial charge in [-0.05, 0) is 37.5 Å². The van der Waals surface area contributed by atoms with Gasteiger partial charge in [-0.3, -0.25) is 4.79 Å². The van der Waals surface area contributed by atoms with Gasteiger partial charge in [-0.2, -0.15) is 0 Å². The topological polar surface area (TPSA) is 20.3 Å². The molecule has 0 atom stereocenters. The van der Waals surface area contributed by atoms with Crippen LogP contribution in [0.25, 0.3) is 0 Å². The van der Waals surface area contributed by atoms with Gasteiger partial charge in [0.1, 0.15) is 0 Å². The molecular formula is C18H20BrNO. The molecule has 0 aliphatic rings. The van der Waals surface area contributed by atoms with E-state index in [2.05, 4.69) is 54.0 Å². The average molecular weight is 346 g/mol. The molecule has 0 aliphatic heterocycles. The monoisotopic (exact) mass is 345 g/mol. The minimum atomic E-state index is 0.0953. The van der Waals surface area contributed by atoms with Crippen LogP contribution in [0.1, 0.15) is 16.7 Å². The molecule has 3 heteroatoms. The minimum absolute atomic E-state index is 0.0953. The van der Waals surface area contributed by atoms with Gasteiger partial charge in [0.05, 0.1) is 5.33 Å². The summed E-state index contributed by atoms with van der Waals surface area (Å²) in [5.74, 6) is 0.0953. The molecule has 110 valence electrons. The Kier molecular flexibility index (Phi) is 5.57. The van der Waals surface area contributed by atoms with Crippen LogP contribution in [0, 0.1) is 13.8 Å². The van der Waals surface area contributed by atoms with Gasteiger partial charge in [0.2, 0.25) is 5.91 Å². The summed E-state index contributed by atoms with van der Waals surface area (Å²) in [7, 11) is 0. The molecule has 2 aromatic rings. The number of benzene rings is 2. The van der Waals surface area contributed by atoms with Crippen molar-refractivity contribution >= 4 is 27.5 Å². The van der Waals surface area contributed by atoms with E-state index in [-0.39, 0.29) is 5.91 Å². The molecule has 0 radical (unpaired) electrons. The lowest BCUT2D eigenvalue weighted by atomic mass is 10.1. The van der Waals surface area contributed by atoms with Crippen LogP contribution in [-0.2, 0) is 11.2 Å². The maximum Gasteiger partial charge on any atom is 0.237 e. The number of amides is 1. The molecule has 2 aromatic carbocycles. The Balaban J connectivity index is 2.20. The zero-order valence-corrected chi connectivity index (χ0v) is 14.1. The Hall–Kier alpha value is -1.61. The van der Waals surface area contributed by atoms with Gasteiger partial charge in [-0.15, -0.1) is 0 Å². The molecule has 0 saturated carbocycles. The highest BCUT2D eigenvalue weighted by Gasteiger charge is 2.16. The molecule has 0 spiro atoms. The molecule has 0 aromatic heterocycles. The number of nitrogens with zero attached hydrogens (tertiary/aromatic N) is 1. The third-order valence-electron chi connectivity index (χ3n) is 3.53. The fourth-order valence-electron chi connectivity index (χ4n) is 2.45. The van der Waals surface area contributed by atoms with E-state index in [0.717, 1.165) is 17.7 Å². The second-order valence-corrected chi connectivity index (χ2v) is 5.77. The van der Waals surface area contributed by atoms with Gasteiger partial charge >= 0.3 is 0 Å². The predicted molar refractivity (Wildman–Crippen MR) is 92.2 cm³/mol. The summed E-state index contributed by atoms with van der Waals surface area (Å²) in [6, 6.07) is 16.5. The number of anilines is 1. The maximum absolute atomic E-state index is 12.2. The summed E-state index contributed by atoms with van der Waals surface area (Å²) in [5, 5.41) is 0.342. The van der Waals surface area contributed by atoms with Gasteiger partial charge in [-0.25, -0.2) is 0 Å². The fourth-order valence-corrected chi connectivity index (χ4v) is 2.75. The summed E-state index contributed by atoms with van der Waals surface area (Å²) >= 11 is 3.29. The Morgan fingerprint density at radius 3 is 2.43 bits per heavy atom. The van der Waals surface area contributed by atoms with Crippen molar-refractivity contribution in [3.63, 3.8) is 0 Å². The van der Waals surface area contributed by atoms with Crippen LogP contribution in [0.15, 0.2) is 48.5 Å². The van der Waals surface area contributed by atoms with E-state index >= 15 is 0 Å². The van der Waals surface area contributed by atoms with E-state index in [9.17, 15) is 4.79 Å². The summed E-state index contributed by atoms with van der Waals surface area (Å²) in [6.45, 7) is 4.81. The van der Waals surface area contributed by atoms with Gasteiger partial charge in [0, 0.05) is 12.2 Å². The Morgan fingerprint density at radius 2 is 1.81 bits per heavy atom. The second-order valence-electron chi connectivity index (χ2n) is 5.20. The lowest BCUT2D eigenvalue weighted by molar-refractivity contribution is -0.116. The highest BCUT2D eigenvalue weighted by atomic mass is 79.9. The standard InChI is InChI=1S/C18H20BrNO/c1-14-8-9-17(15(2)12-14)20(18(21)13-19)11-10-16-6-4-3-5-7-16/h3-9,12H,10-11,13H2,1-2H3. The maximum atomic E-state index is 12.2. The van der Waals surface area contributed by atoms with Crippen molar-refractivity contribution in [1.29, 1.82) is 0 Å². The third kappa shape index (κ3) is 4.18. The molecule has 0 aliphatic carbocycles. The molecule has 1 amide bonds. The summed E-state index contributed by atoms with van der Waals surface area (Å²) in [5.41, 5.74) is 4.60. The first kappa shape index (κ1) is 15.8. The third-order valence-corrected chi connectivity index (χ3v) is 4.01. The van der Waals surface area contributed by atoms with Crippen LogP contribution in [0.4, 0.5) is 5.69 Å². The number of halogens is 1. The lowest BCUT2D eigenvalue weighted by Gasteiger charge is -2.24.